The van der Waals surface area contributed by atoms with Crippen molar-refractivity contribution in [1.82, 2.24) is 10.7 Å². The number of hydrogen-bond donors (Lipinski definition) is 3. The molecule has 17 heavy (non-hydrogen) atoms. The molecule has 6 nitrogen and oxygen atoms in total. The third-order valence-electron chi connectivity index (χ3n) is 2.16. The summed E-state index contributed by atoms with van der Waals surface area (Å²) in [5, 5.41) is 6.71. The largest absolute Gasteiger partial charge is 0.338 e. The van der Waals surface area contributed by atoms with Gasteiger partial charge in [-0.05, 0) is 5.56 Å². The zero-order valence-electron chi connectivity index (χ0n) is 9.24. The van der Waals surface area contributed by atoms with E-state index in [4.69, 9.17) is 5.73 Å². The lowest BCUT2D eigenvalue weighted by Gasteiger charge is -2.20. The van der Waals surface area contributed by atoms with Crippen LogP contribution in [-0.2, 0) is 6.42 Å². The zero-order chi connectivity index (χ0) is 12.0. The van der Waals surface area contributed by atoms with Gasteiger partial charge in [0.25, 0.3) is 0 Å². The van der Waals surface area contributed by atoms with Crippen LogP contribution in [-0.4, -0.2) is 24.8 Å². The maximum atomic E-state index is 5.78. The fourth-order valence-electron chi connectivity index (χ4n) is 1.30. The number of benzene rings is 1. The summed E-state index contributed by atoms with van der Waals surface area (Å²) in [5.74, 6) is -1.20. The van der Waals surface area contributed by atoms with Gasteiger partial charge in [0, 0.05) is 12.6 Å². The molecule has 2 rings (SSSR count). The fraction of sp³-hybridized carbons (Fsp3) is 0.182. The van der Waals surface area contributed by atoms with E-state index in [1.54, 1.807) is 6.21 Å². The Morgan fingerprint density at radius 2 is 2.00 bits per heavy atom. The Bertz CT molecular complexity index is 425. The van der Waals surface area contributed by atoms with Crippen molar-refractivity contribution in [2.24, 2.45) is 20.8 Å². The van der Waals surface area contributed by atoms with Crippen LogP contribution in [0.2, 0.25) is 0 Å². The summed E-state index contributed by atoms with van der Waals surface area (Å²) in [5.41, 5.74) is 9.64. The van der Waals surface area contributed by atoms with Crippen LogP contribution in [0.3, 0.4) is 0 Å². The van der Waals surface area contributed by atoms with Crippen LogP contribution in [0.4, 0.5) is 0 Å². The van der Waals surface area contributed by atoms with E-state index in [1.165, 1.54) is 18.2 Å². The van der Waals surface area contributed by atoms with Gasteiger partial charge < -0.3 is 5.32 Å². The van der Waals surface area contributed by atoms with Crippen molar-refractivity contribution in [3.05, 3.63) is 35.9 Å². The summed E-state index contributed by atoms with van der Waals surface area (Å²) in [6.45, 7) is 0. The number of aliphatic imine (C=N–C) groups is 2. The quantitative estimate of drug-likeness (QED) is 0.387. The molecule has 4 N–H and O–H groups in total. The molecule has 0 radical (unpaired) electrons. The highest BCUT2D eigenvalue weighted by Crippen LogP contribution is 2.00. The first-order valence-corrected chi connectivity index (χ1v) is 5.23. The first-order valence-electron chi connectivity index (χ1n) is 5.23. The summed E-state index contributed by atoms with van der Waals surface area (Å²) in [7, 11) is 0. The van der Waals surface area contributed by atoms with E-state index in [0.717, 1.165) is 6.42 Å². The van der Waals surface area contributed by atoms with E-state index in [9.17, 15) is 0 Å². The SMILES string of the molecule is NC1(NN=CCc2ccccc2)N=CNC=N1. The Balaban J connectivity index is 1.84. The Kier molecular flexibility index (Phi) is 3.46. The van der Waals surface area contributed by atoms with Crippen LogP contribution < -0.4 is 16.5 Å². The predicted octanol–water partition coefficient (Wildman–Crippen LogP) is 0.0343. The highest BCUT2D eigenvalue weighted by molar-refractivity contribution is 5.77. The van der Waals surface area contributed by atoms with E-state index in [2.05, 4.69) is 25.8 Å². The zero-order valence-corrected chi connectivity index (χ0v) is 9.24. The number of nitrogens with one attached hydrogen (secondary N) is 2. The second-order valence-corrected chi connectivity index (χ2v) is 3.52. The van der Waals surface area contributed by atoms with Crippen molar-refractivity contribution in [2.45, 2.75) is 12.3 Å². The van der Waals surface area contributed by atoms with Crippen LogP contribution in [0.25, 0.3) is 0 Å². The second kappa shape index (κ2) is 5.22. The lowest BCUT2D eigenvalue weighted by Crippen LogP contribution is -2.50. The van der Waals surface area contributed by atoms with Gasteiger partial charge in [0.05, 0.1) is 12.7 Å². The Labute approximate surface area is 99.3 Å². The standard InChI is InChI=1S/C11H14N6/c12-11(14-8-13-9-15-11)17-16-7-6-10-4-2-1-3-5-10/h1-5,7-9,17H,6,12H2,(H,13,14,15). The molecular formula is C11H14N6. The summed E-state index contributed by atoms with van der Waals surface area (Å²) >= 11 is 0. The highest BCUT2D eigenvalue weighted by Gasteiger charge is 2.20. The van der Waals surface area contributed by atoms with Gasteiger partial charge in [-0.2, -0.15) is 5.10 Å². The molecule has 1 aromatic rings. The van der Waals surface area contributed by atoms with E-state index < -0.39 is 5.91 Å². The molecule has 0 atom stereocenters. The van der Waals surface area contributed by atoms with Crippen LogP contribution in [0, 0.1) is 0 Å². The second-order valence-electron chi connectivity index (χ2n) is 3.52. The van der Waals surface area contributed by atoms with Crippen molar-refractivity contribution in [3.8, 4) is 0 Å². The minimum atomic E-state index is -1.20. The number of hydrogen-bond acceptors (Lipinski definition) is 6. The third-order valence-corrected chi connectivity index (χ3v) is 2.16. The van der Waals surface area contributed by atoms with Crippen LogP contribution in [0.15, 0.2) is 45.4 Å². The monoisotopic (exact) mass is 230 g/mol. The number of nitrogens with two attached hydrogens (primary N) is 1. The van der Waals surface area contributed by atoms with E-state index in [0.29, 0.717) is 0 Å². The fourth-order valence-corrected chi connectivity index (χ4v) is 1.30. The molecular weight excluding hydrogens is 216 g/mol. The van der Waals surface area contributed by atoms with Crippen LogP contribution in [0.1, 0.15) is 5.56 Å². The Morgan fingerprint density at radius 1 is 1.29 bits per heavy atom. The molecule has 1 aromatic carbocycles. The molecule has 0 saturated heterocycles. The minimum Gasteiger partial charge on any atom is -0.338 e. The summed E-state index contributed by atoms with van der Waals surface area (Å²) in [6.07, 6.45) is 5.39. The molecule has 0 saturated carbocycles. The van der Waals surface area contributed by atoms with Gasteiger partial charge in [-0.1, -0.05) is 30.3 Å². The molecule has 0 aromatic heterocycles. The lowest BCUT2D eigenvalue weighted by atomic mass is 10.2. The van der Waals surface area contributed by atoms with Crippen molar-refractivity contribution in [1.29, 1.82) is 0 Å². The summed E-state index contributed by atoms with van der Waals surface area (Å²) < 4.78 is 0. The molecule has 1 aliphatic heterocycles. The number of hydrazone groups is 1. The molecule has 1 heterocycles. The van der Waals surface area contributed by atoms with Gasteiger partial charge >= 0.3 is 5.91 Å². The van der Waals surface area contributed by atoms with E-state index in [-0.39, 0.29) is 0 Å². The topological polar surface area (TPSA) is 87.2 Å². The molecule has 0 spiro atoms. The lowest BCUT2D eigenvalue weighted by molar-refractivity contribution is 0.376. The molecule has 0 fully saturated rings. The molecule has 1 aliphatic rings. The van der Waals surface area contributed by atoms with Gasteiger partial charge in [-0.25, -0.2) is 9.98 Å². The maximum absolute atomic E-state index is 5.78. The number of nitrogens with zero attached hydrogens (tertiary/aromatic N) is 3. The normalized spacial score (nSPS) is 17.0. The average molecular weight is 230 g/mol. The van der Waals surface area contributed by atoms with Crippen molar-refractivity contribution >= 4 is 18.9 Å². The molecule has 88 valence electrons. The predicted molar refractivity (Wildman–Crippen MR) is 68.8 cm³/mol. The maximum Gasteiger partial charge on any atom is 0.301 e. The Hall–Kier alpha value is -2.21. The van der Waals surface area contributed by atoms with Crippen molar-refractivity contribution < 1.29 is 0 Å². The first-order chi connectivity index (χ1) is 8.29. The first kappa shape index (κ1) is 11.3. The molecule has 0 bridgehead atoms. The molecule has 0 unspecified atom stereocenters. The van der Waals surface area contributed by atoms with Crippen molar-refractivity contribution in [2.75, 3.05) is 0 Å². The summed E-state index contributed by atoms with van der Waals surface area (Å²) in [4.78, 5) is 7.85. The van der Waals surface area contributed by atoms with Gasteiger partial charge in [0.2, 0.25) is 0 Å². The van der Waals surface area contributed by atoms with Crippen molar-refractivity contribution in [3.63, 3.8) is 0 Å². The summed E-state index contributed by atoms with van der Waals surface area (Å²) in [6, 6.07) is 10.0. The third kappa shape index (κ3) is 3.39. The van der Waals surface area contributed by atoms with Crippen LogP contribution in [0.5, 0.6) is 0 Å². The highest BCUT2D eigenvalue weighted by atomic mass is 15.5. The molecule has 6 heteroatoms. The van der Waals surface area contributed by atoms with Gasteiger partial charge in [-0.3, -0.25) is 11.2 Å². The average Bonchev–Trinajstić information content (AvgIpc) is 2.37. The number of rotatable bonds is 4. The Morgan fingerprint density at radius 3 is 2.71 bits per heavy atom. The minimum absolute atomic E-state index is 0.732. The van der Waals surface area contributed by atoms with E-state index in [1.807, 2.05) is 30.3 Å². The van der Waals surface area contributed by atoms with Gasteiger partial charge in [-0.15, -0.1) is 0 Å². The molecule has 0 aliphatic carbocycles. The van der Waals surface area contributed by atoms with Gasteiger partial charge in [0.15, 0.2) is 0 Å². The van der Waals surface area contributed by atoms with Gasteiger partial charge in [0.1, 0.15) is 0 Å². The smallest absolute Gasteiger partial charge is 0.301 e. The molecule has 0 amide bonds. The van der Waals surface area contributed by atoms with Crippen LogP contribution >= 0.6 is 0 Å². The van der Waals surface area contributed by atoms with E-state index >= 15 is 0 Å².